The normalized spacial score (nSPS) is 13.1. The largest absolute Gasteiger partial charge is 0.310 e. The Morgan fingerprint density at radius 2 is 0.981 bits per heavy atom. The van der Waals surface area contributed by atoms with Crippen molar-refractivity contribution in [3.8, 4) is 27.9 Å². The summed E-state index contributed by atoms with van der Waals surface area (Å²) in [6, 6.07) is 67.1. The molecule has 0 spiro atoms. The van der Waals surface area contributed by atoms with Crippen LogP contribution in [-0.2, 0) is 5.41 Å². The smallest absolute Gasteiger partial charge is 0.0541 e. The zero-order valence-electron chi connectivity index (χ0n) is 30.1. The highest BCUT2D eigenvalue weighted by molar-refractivity contribution is 7.25. The fourth-order valence-electron chi connectivity index (χ4n) is 9.02. The van der Waals surface area contributed by atoms with E-state index in [-0.39, 0.29) is 5.41 Å². The van der Waals surface area contributed by atoms with Crippen LogP contribution < -0.4 is 4.90 Å². The first-order valence-electron chi connectivity index (χ1n) is 18.7. The number of rotatable bonds is 5. The minimum atomic E-state index is -0.0957. The molecule has 0 fully saturated rings. The van der Waals surface area contributed by atoms with Crippen LogP contribution in [0.3, 0.4) is 0 Å². The van der Waals surface area contributed by atoms with Gasteiger partial charge >= 0.3 is 0 Å². The molecule has 0 atom stereocenters. The predicted molar refractivity (Wildman–Crippen MR) is 231 cm³/mol. The minimum Gasteiger partial charge on any atom is -0.310 e. The maximum absolute atomic E-state index is 2.44. The third kappa shape index (κ3) is 4.58. The van der Waals surface area contributed by atoms with Gasteiger partial charge in [-0.05, 0) is 94.5 Å². The summed E-state index contributed by atoms with van der Waals surface area (Å²) in [5.41, 5.74) is 14.8. The number of benzene rings is 8. The van der Waals surface area contributed by atoms with E-state index in [9.17, 15) is 0 Å². The van der Waals surface area contributed by atoms with E-state index in [2.05, 4.69) is 205 Å². The van der Waals surface area contributed by atoms with Crippen molar-refractivity contribution in [3.05, 3.63) is 193 Å². The monoisotopic (exact) mass is 708 g/mol. The molecule has 0 bridgehead atoms. The lowest BCUT2D eigenvalue weighted by Gasteiger charge is -2.28. The third-order valence-corrected chi connectivity index (χ3v) is 12.8. The fourth-order valence-corrected chi connectivity index (χ4v) is 10.1. The first kappa shape index (κ1) is 31.1. The van der Waals surface area contributed by atoms with Crippen molar-refractivity contribution in [2.75, 3.05) is 4.90 Å². The Morgan fingerprint density at radius 1 is 0.426 bits per heavy atom. The van der Waals surface area contributed by atoms with Crippen LogP contribution in [0.4, 0.5) is 17.1 Å². The van der Waals surface area contributed by atoms with Crippen LogP contribution in [0.25, 0.3) is 69.9 Å². The van der Waals surface area contributed by atoms with Gasteiger partial charge in [0.05, 0.1) is 16.7 Å². The lowest BCUT2D eigenvalue weighted by atomic mass is 9.82. The molecule has 0 aliphatic heterocycles. The van der Waals surface area contributed by atoms with Gasteiger partial charge in [0.1, 0.15) is 0 Å². The van der Waals surface area contributed by atoms with Crippen LogP contribution in [0.1, 0.15) is 25.0 Å². The SMILES string of the molecule is CC1(C)c2ccccc2-c2ccc(N(c3ccc(-c4ccccc4-n4c5ccccc5c5ccccc54)cc3)c3ccc4sc5ccccc5c4c3)cc21. The molecular weight excluding hydrogens is 673 g/mol. The molecule has 0 N–H and O–H groups in total. The van der Waals surface area contributed by atoms with E-state index in [1.165, 1.54) is 81.0 Å². The van der Waals surface area contributed by atoms with E-state index in [0.29, 0.717) is 0 Å². The summed E-state index contributed by atoms with van der Waals surface area (Å²) in [4.78, 5) is 2.44. The summed E-state index contributed by atoms with van der Waals surface area (Å²) >= 11 is 1.86. The highest BCUT2D eigenvalue weighted by Gasteiger charge is 2.35. The number of hydrogen-bond donors (Lipinski definition) is 0. The Balaban J connectivity index is 1.07. The Bertz CT molecular complexity index is 3030. The number of para-hydroxylation sites is 3. The molecule has 2 nitrogen and oxygen atoms in total. The Morgan fingerprint density at radius 3 is 1.76 bits per heavy atom. The minimum absolute atomic E-state index is 0.0957. The summed E-state index contributed by atoms with van der Waals surface area (Å²) in [6.07, 6.45) is 0. The van der Waals surface area contributed by atoms with E-state index in [1.807, 2.05) is 11.3 Å². The molecule has 2 heterocycles. The van der Waals surface area contributed by atoms with Crippen molar-refractivity contribution in [3.63, 3.8) is 0 Å². The molecule has 3 heteroatoms. The number of anilines is 3. The second-order valence-electron chi connectivity index (χ2n) is 14.9. The third-order valence-electron chi connectivity index (χ3n) is 11.6. The van der Waals surface area contributed by atoms with Crippen LogP contribution in [0.5, 0.6) is 0 Å². The molecule has 0 unspecified atom stereocenters. The Kier molecular flexibility index (Phi) is 6.80. The summed E-state index contributed by atoms with van der Waals surface area (Å²) in [5, 5.41) is 5.14. The van der Waals surface area contributed by atoms with Crippen LogP contribution >= 0.6 is 11.3 Å². The quantitative estimate of drug-likeness (QED) is 0.173. The van der Waals surface area contributed by atoms with E-state index >= 15 is 0 Å². The summed E-state index contributed by atoms with van der Waals surface area (Å²) in [5.74, 6) is 0. The van der Waals surface area contributed by atoms with Crippen molar-refractivity contribution in [2.24, 2.45) is 0 Å². The first-order valence-corrected chi connectivity index (χ1v) is 19.5. The van der Waals surface area contributed by atoms with E-state index in [0.717, 1.165) is 17.1 Å². The average molecular weight is 709 g/mol. The number of thiophene rings is 1. The van der Waals surface area contributed by atoms with Gasteiger partial charge in [-0.2, -0.15) is 0 Å². The molecule has 2 aromatic heterocycles. The van der Waals surface area contributed by atoms with Crippen molar-refractivity contribution < 1.29 is 0 Å². The Hall–Kier alpha value is -6.42. The molecule has 11 rings (SSSR count). The second kappa shape index (κ2) is 11.8. The molecule has 1 aliphatic rings. The van der Waals surface area contributed by atoms with Gasteiger partial charge in [-0.25, -0.2) is 0 Å². The van der Waals surface area contributed by atoms with Gasteiger partial charge in [0.15, 0.2) is 0 Å². The lowest BCUT2D eigenvalue weighted by molar-refractivity contribution is 0.660. The molecule has 0 amide bonds. The highest BCUT2D eigenvalue weighted by Crippen LogP contribution is 2.51. The van der Waals surface area contributed by atoms with E-state index in [1.54, 1.807) is 0 Å². The van der Waals surface area contributed by atoms with Crippen LogP contribution in [-0.4, -0.2) is 4.57 Å². The number of hydrogen-bond acceptors (Lipinski definition) is 2. The molecule has 1 aliphatic carbocycles. The maximum atomic E-state index is 2.44. The molecule has 10 aromatic rings. The van der Waals surface area contributed by atoms with Gasteiger partial charge in [-0.1, -0.05) is 129 Å². The molecule has 0 saturated heterocycles. The van der Waals surface area contributed by atoms with Gasteiger partial charge in [-0.15, -0.1) is 11.3 Å². The topological polar surface area (TPSA) is 8.17 Å². The average Bonchev–Trinajstić information content (AvgIpc) is 3.84. The first-order chi connectivity index (χ1) is 26.5. The lowest BCUT2D eigenvalue weighted by Crippen LogP contribution is -2.16. The summed E-state index contributed by atoms with van der Waals surface area (Å²) in [7, 11) is 0. The molecule has 54 heavy (non-hydrogen) atoms. The summed E-state index contributed by atoms with van der Waals surface area (Å²) in [6.45, 7) is 4.72. The van der Waals surface area contributed by atoms with Gasteiger partial charge in [0.2, 0.25) is 0 Å². The van der Waals surface area contributed by atoms with Crippen molar-refractivity contribution in [2.45, 2.75) is 19.3 Å². The van der Waals surface area contributed by atoms with Gasteiger partial charge in [0, 0.05) is 59.0 Å². The molecule has 256 valence electrons. The van der Waals surface area contributed by atoms with Crippen LogP contribution in [0.15, 0.2) is 182 Å². The van der Waals surface area contributed by atoms with E-state index < -0.39 is 0 Å². The highest BCUT2D eigenvalue weighted by atomic mass is 32.1. The van der Waals surface area contributed by atoms with Crippen molar-refractivity contribution >= 4 is 70.4 Å². The second-order valence-corrected chi connectivity index (χ2v) is 16.0. The zero-order chi connectivity index (χ0) is 36.0. The number of fused-ring (bicyclic) bond motifs is 9. The molecular formula is C51H36N2S. The van der Waals surface area contributed by atoms with Crippen molar-refractivity contribution in [1.29, 1.82) is 0 Å². The molecule has 0 radical (unpaired) electrons. The van der Waals surface area contributed by atoms with E-state index in [4.69, 9.17) is 0 Å². The Labute approximate surface area is 318 Å². The standard InChI is InChI=1S/C51H36N2S/c1-51(2)44-18-8-3-14-38(44)39-29-27-36(32-45(39)51)52(35-28-30-50-43(31-35)42-17-7-12-22-49(42)54-50)34-25-23-33(24-26-34)37-13-4-9-19-46(37)53-47-20-10-5-15-40(47)41-16-6-11-21-48(41)53/h3-32H,1-2H3. The fraction of sp³-hybridized carbons (Fsp3) is 0.0588. The predicted octanol–water partition coefficient (Wildman–Crippen LogP) is 14.6. The van der Waals surface area contributed by atoms with Gasteiger partial charge in [0.25, 0.3) is 0 Å². The maximum Gasteiger partial charge on any atom is 0.0541 e. The summed E-state index contributed by atoms with van der Waals surface area (Å²) < 4.78 is 5.05. The molecule has 0 saturated carbocycles. The van der Waals surface area contributed by atoms with Gasteiger partial charge < -0.3 is 9.47 Å². The van der Waals surface area contributed by atoms with Crippen LogP contribution in [0.2, 0.25) is 0 Å². The van der Waals surface area contributed by atoms with Crippen LogP contribution in [0, 0.1) is 0 Å². The zero-order valence-corrected chi connectivity index (χ0v) is 30.9. The van der Waals surface area contributed by atoms with Gasteiger partial charge in [-0.3, -0.25) is 0 Å². The number of aromatic nitrogens is 1. The van der Waals surface area contributed by atoms with Crippen molar-refractivity contribution in [1.82, 2.24) is 4.57 Å². The molecule has 8 aromatic carbocycles. The number of nitrogens with zero attached hydrogens (tertiary/aromatic N) is 2.